The fourth-order valence-corrected chi connectivity index (χ4v) is 6.99. The molecular formula is C25H29N7O5S2. The van der Waals surface area contributed by atoms with Crippen LogP contribution in [-0.4, -0.2) is 66.1 Å². The maximum atomic E-state index is 13.1. The van der Waals surface area contributed by atoms with Gasteiger partial charge in [0.15, 0.2) is 5.03 Å². The van der Waals surface area contributed by atoms with Gasteiger partial charge < -0.3 is 10.3 Å². The molecule has 1 aliphatic heterocycles. The maximum Gasteiger partial charge on any atom is 0.262 e. The van der Waals surface area contributed by atoms with Crippen molar-refractivity contribution in [3.05, 3.63) is 59.7 Å². The summed E-state index contributed by atoms with van der Waals surface area (Å²) in [4.78, 5) is 16.5. The molecule has 4 aromatic rings. The Labute approximate surface area is 226 Å². The number of aromatic nitrogens is 4. The number of carbonyl (C=O) groups is 1. The number of fused-ring (bicyclic) bond motifs is 1. The van der Waals surface area contributed by atoms with Crippen LogP contribution in [0.25, 0.3) is 22.0 Å². The molecule has 4 N–H and O–H groups in total. The molecule has 0 atom stereocenters. The van der Waals surface area contributed by atoms with Crippen molar-refractivity contribution in [1.82, 2.24) is 24.1 Å². The Morgan fingerprint density at radius 3 is 2.44 bits per heavy atom. The standard InChI is InChI=1S/C25H29N7O5S2/c1-15-27-22(14-31(15)2)39(36,37)32-9-7-16(8-10-32)23-20-12-18(13-21(25(26)33)24(20)29-28-23)17-5-4-6-19(11-17)30-38(3,34)35/h4-6,11-14,16,30H,7-10H2,1-3H3,(H2,26,33)(H,28,29). The van der Waals surface area contributed by atoms with Crippen LogP contribution in [0.5, 0.6) is 0 Å². The summed E-state index contributed by atoms with van der Waals surface area (Å²) >= 11 is 0. The number of piperidine rings is 1. The topological polar surface area (TPSA) is 173 Å². The number of rotatable bonds is 7. The zero-order valence-corrected chi connectivity index (χ0v) is 23.3. The molecule has 0 unspecified atom stereocenters. The lowest BCUT2D eigenvalue weighted by molar-refractivity contribution is 0.100. The average molecular weight is 572 g/mol. The lowest BCUT2D eigenvalue weighted by Crippen LogP contribution is -2.38. The Bertz CT molecular complexity index is 1780. The molecule has 206 valence electrons. The number of hydrogen-bond donors (Lipinski definition) is 3. The summed E-state index contributed by atoms with van der Waals surface area (Å²) in [5.41, 5.74) is 8.94. The van der Waals surface area contributed by atoms with Crippen LogP contribution >= 0.6 is 0 Å². The number of imidazole rings is 1. The molecule has 14 heteroatoms. The number of nitrogens with one attached hydrogen (secondary N) is 2. The first-order valence-corrected chi connectivity index (χ1v) is 15.6. The molecule has 2 aromatic carbocycles. The summed E-state index contributed by atoms with van der Waals surface area (Å²) in [6, 6.07) is 10.4. The molecule has 12 nitrogen and oxygen atoms in total. The van der Waals surface area contributed by atoms with E-state index in [1.165, 1.54) is 10.5 Å². The van der Waals surface area contributed by atoms with Crippen LogP contribution in [0.2, 0.25) is 0 Å². The highest BCUT2D eigenvalue weighted by Crippen LogP contribution is 2.36. The van der Waals surface area contributed by atoms with Crippen molar-refractivity contribution in [2.75, 3.05) is 24.1 Å². The number of carbonyl (C=O) groups excluding carboxylic acids is 1. The number of aromatic amines is 1. The van der Waals surface area contributed by atoms with Crippen molar-refractivity contribution in [2.24, 2.45) is 12.8 Å². The van der Waals surface area contributed by atoms with Gasteiger partial charge in [0, 0.05) is 43.3 Å². The van der Waals surface area contributed by atoms with Gasteiger partial charge in [0.05, 0.1) is 23.0 Å². The fourth-order valence-electron chi connectivity index (χ4n) is 4.94. The zero-order valence-electron chi connectivity index (χ0n) is 21.7. The lowest BCUT2D eigenvalue weighted by atomic mass is 9.90. The zero-order chi connectivity index (χ0) is 28.1. The Morgan fingerprint density at radius 1 is 1.10 bits per heavy atom. The fraction of sp³-hybridized carbons (Fsp3) is 0.320. The van der Waals surface area contributed by atoms with Gasteiger partial charge in [-0.2, -0.15) is 9.40 Å². The number of benzene rings is 2. The molecule has 0 bridgehead atoms. The maximum absolute atomic E-state index is 13.1. The number of sulfonamides is 2. The largest absolute Gasteiger partial charge is 0.366 e. The summed E-state index contributed by atoms with van der Waals surface area (Å²) in [6.07, 6.45) is 3.66. The van der Waals surface area contributed by atoms with Gasteiger partial charge in [-0.25, -0.2) is 21.8 Å². The van der Waals surface area contributed by atoms with E-state index in [1.54, 1.807) is 42.8 Å². The summed E-state index contributed by atoms with van der Waals surface area (Å²) in [5, 5.41) is 8.21. The summed E-state index contributed by atoms with van der Waals surface area (Å²) in [7, 11) is -5.43. The molecule has 2 aromatic heterocycles. The van der Waals surface area contributed by atoms with E-state index < -0.39 is 26.0 Å². The monoisotopic (exact) mass is 571 g/mol. The van der Waals surface area contributed by atoms with Crippen LogP contribution in [0.15, 0.2) is 47.6 Å². The summed E-state index contributed by atoms with van der Waals surface area (Å²) in [5.74, 6) is -0.0657. The minimum atomic E-state index is -3.71. The van der Waals surface area contributed by atoms with Crippen molar-refractivity contribution in [3.8, 4) is 11.1 Å². The van der Waals surface area contributed by atoms with Crippen LogP contribution in [0.4, 0.5) is 5.69 Å². The molecule has 0 radical (unpaired) electrons. The van der Waals surface area contributed by atoms with Crippen LogP contribution < -0.4 is 10.5 Å². The molecule has 5 rings (SSSR count). The third-order valence-corrected chi connectivity index (χ3v) is 9.38. The molecular weight excluding hydrogens is 542 g/mol. The molecule has 0 aliphatic carbocycles. The first kappa shape index (κ1) is 26.8. The van der Waals surface area contributed by atoms with Crippen molar-refractivity contribution in [2.45, 2.75) is 30.7 Å². The molecule has 39 heavy (non-hydrogen) atoms. The van der Waals surface area contributed by atoms with Crippen molar-refractivity contribution in [3.63, 3.8) is 0 Å². The smallest absolute Gasteiger partial charge is 0.262 e. The lowest BCUT2D eigenvalue weighted by Gasteiger charge is -2.30. The Kier molecular flexibility index (Phi) is 6.73. The van der Waals surface area contributed by atoms with Gasteiger partial charge in [-0.3, -0.25) is 14.6 Å². The van der Waals surface area contributed by atoms with Gasteiger partial charge in [0.1, 0.15) is 5.82 Å². The average Bonchev–Trinajstić information content (AvgIpc) is 3.45. The Morgan fingerprint density at radius 2 is 1.82 bits per heavy atom. The Balaban J connectivity index is 1.47. The molecule has 1 fully saturated rings. The van der Waals surface area contributed by atoms with Crippen molar-refractivity contribution >= 4 is 42.5 Å². The molecule has 1 aliphatic rings. The third kappa shape index (κ3) is 5.27. The van der Waals surface area contributed by atoms with Gasteiger partial charge in [-0.15, -0.1) is 0 Å². The van der Waals surface area contributed by atoms with E-state index in [2.05, 4.69) is 19.9 Å². The molecule has 1 amide bonds. The second-order valence-corrected chi connectivity index (χ2v) is 13.4. The normalized spacial score (nSPS) is 15.6. The van der Waals surface area contributed by atoms with Crippen molar-refractivity contribution in [1.29, 1.82) is 0 Å². The van der Waals surface area contributed by atoms with E-state index >= 15 is 0 Å². The number of H-pyrrole nitrogens is 1. The number of nitrogens with two attached hydrogens (primary N) is 1. The number of aryl methyl sites for hydroxylation is 2. The number of hydrogen-bond acceptors (Lipinski definition) is 7. The highest BCUT2D eigenvalue weighted by atomic mass is 32.2. The predicted molar refractivity (Wildman–Crippen MR) is 147 cm³/mol. The van der Waals surface area contributed by atoms with Crippen LogP contribution in [-0.2, 0) is 27.1 Å². The van der Waals surface area contributed by atoms with Gasteiger partial charge in [-0.1, -0.05) is 12.1 Å². The second-order valence-electron chi connectivity index (χ2n) is 9.79. The first-order chi connectivity index (χ1) is 18.3. The summed E-state index contributed by atoms with van der Waals surface area (Å²) in [6.45, 7) is 2.36. The van der Waals surface area contributed by atoms with E-state index in [0.29, 0.717) is 59.5 Å². The van der Waals surface area contributed by atoms with E-state index in [-0.39, 0.29) is 16.5 Å². The quantitative estimate of drug-likeness (QED) is 0.305. The van der Waals surface area contributed by atoms with E-state index in [0.717, 1.165) is 11.9 Å². The molecule has 0 spiro atoms. The Hall–Kier alpha value is -3.75. The third-order valence-electron chi connectivity index (χ3n) is 7.00. The highest BCUT2D eigenvalue weighted by molar-refractivity contribution is 7.92. The first-order valence-electron chi connectivity index (χ1n) is 12.2. The number of nitrogens with zero attached hydrogens (tertiary/aromatic N) is 4. The highest BCUT2D eigenvalue weighted by Gasteiger charge is 2.33. The van der Waals surface area contributed by atoms with Crippen LogP contribution in [0.3, 0.4) is 0 Å². The van der Waals surface area contributed by atoms with E-state index in [4.69, 9.17) is 5.73 Å². The van der Waals surface area contributed by atoms with Gasteiger partial charge in [0.2, 0.25) is 10.0 Å². The predicted octanol–water partition coefficient (Wildman–Crippen LogP) is 2.31. The SMILES string of the molecule is Cc1nc(S(=O)(=O)N2CCC(c3n[nH]c4c(C(N)=O)cc(-c5cccc(NS(C)(=O)=O)c5)cc34)CC2)cn1C. The van der Waals surface area contributed by atoms with Crippen LogP contribution in [0.1, 0.15) is 40.6 Å². The van der Waals surface area contributed by atoms with Gasteiger partial charge in [0.25, 0.3) is 15.9 Å². The van der Waals surface area contributed by atoms with E-state index in [1.807, 2.05) is 12.1 Å². The minimum absolute atomic E-state index is 0.0366. The molecule has 0 saturated carbocycles. The van der Waals surface area contributed by atoms with Gasteiger partial charge >= 0.3 is 0 Å². The molecule has 3 heterocycles. The number of amides is 1. The number of primary amides is 1. The van der Waals surface area contributed by atoms with Gasteiger partial charge in [-0.05, 0) is 55.2 Å². The number of anilines is 1. The minimum Gasteiger partial charge on any atom is -0.366 e. The summed E-state index contributed by atoms with van der Waals surface area (Å²) < 4.78 is 55.2. The van der Waals surface area contributed by atoms with Crippen LogP contribution in [0, 0.1) is 6.92 Å². The molecule has 1 saturated heterocycles. The van der Waals surface area contributed by atoms with Crippen molar-refractivity contribution < 1.29 is 21.6 Å². The van der Waals surface area contributed by atoms with E-state index in [9.17, 15) is 21.6 Å². The second kappa shape index (κ2) is 9.77.